The van der Waals surface area contributed by atoms with Crippen molar-refractivity contribution < 1.29 is 14.4 Å². The predicted octanol–water partition coefficient (Wildman–Crippen LogP) is 4.10. The Morgan fingerprint density at radius 1 is 1.00 bits per heavy atom. The number of amides is 4. The number of hydrogen-bond donors (Lipinski definition) is 2. The Bertz CT molecular complexity index is 880. The molecule has 0 saturated heterocycles. The number of fused-ring (bicyclic) bond motifs is 1. The van der Waals surface area contributed by atoms with E-state index in [-0.39, 0.29) is 17.9 Å². The van der Waals surface area contributed by atoms with Crippen molar-refractivity contribution in [3.05, 3.63) is 58.1 Å². The zero-order valence-corrected chi connectivity index (χ0v) is 15.3. The zero-order chi connectivity index (χ0) is 18.1. The molecule has 0 fully saturated rings. The second kappa shape index (κ2) is 6.68. The van der Waals surface area contributed by atoms with E-state index in [0.717, 1.165) is 4.47 Å². The number of nitrogens with zero attached hydrogens (tertiary/aromatic N) is 1. The smallest absolute Gasteiger partial charge is 0.308 e. The van der Waals surface area contributed by atoms with Gasteiger partial charge in [-0.2, -0.15) is 0 Å². The summed E-state index contributed by atoms with van der Waals surface area (Å²) < 4.78 is 0.757. The van der Waals surface area contributed by atoms with E-state index < -0.39 is 6.03 Å². The van der Waals surface area contributed by atoms with Gasteiger partial charge in [-0.25, -0.2) is 4.79 Å². The lowest BCUT2D eigenvalue weighted by atomic mass is 10.1. The molecular formula is C18H16BrN3O3. The average molecular weight is 402 g/mol. The SMILES string of the molecule is CC(C)N1C(=O)c2ccc(NC(=O)Nc3ccccc3Br)cc2C1=O. The van der Waals surface area contributed by atoms with Gasteiger partial charge in [-0.1, -0.05) is 12.1 Å². The van der Waals surface area contributed by atoms with Crippen LogP contribution in [-0.4, -0.2) is 28.8 Å². The van der Waals surface area contributed by atoms with E-state index in [1.807, 2.05) is 12.1 Å². The van der Waals surface area contributed by atoms with Gasteiger partial charge in [0.05, 0.1) is 16.8 Å². The molecule has 1 aliphatic rings. The molecule has 0 aliphatic carbocycles. The molecule has 128 valence electrons. The molecule has 1 aliphatic heterocycles. The minimum atomic E-state index is -0.440. The summed E-state index contributed by atoms with van der Waals surface area (Å²) in [5.41, 5.74) is 1.72. The van der Waals surface area contributed by atoms with Crippen molar-refractivity contribution in [2.24, 2.45) is 0 Å². The van der Waals surface area contributed by atoms with E-state index in [0.29, 0.717) is 22.5 Å². The Hall–Kier alpha value is -2.67. The minimum Gasteiger partial charge on any atom is -0.308 e. The summed E-state index contributed by atoms with van der Waals surface area (Å²) in [5, 5.41) is 5.39. The van der Waals surface area contributed by atoms with Crippen molar-refractivity contribution >= 4 is 45.2 Å². The Balaban J connectivity index is 1.78. The van der Waals surface area contributed by atoms with E-state index in [1.165, 1.54) is 11.0 Å². The van der Waals surface area contributed by atoms with Crippen molar-refractivity contribution in [3.63, 3.8) is 0 Å². The van der Waals surface area contributed by atoms with Gasteiger partial charge in [-0.15, -0.1) is 0 Å². The van der Waals surface area contributed by atoms with Gasteiger partial charge in [0.15, 0.2) is 0 Å². The van der Waals surface area contributed by atoms with Crippen LogP contribution in [0.25, 0.3) is 0 Å². The lowest BCUT2D eigenvalue weighted by molar-refractivity contribution is 0.0609. The lowest BCUT2D eigenvalue weighted by Gasteiger charge is -2.17. The summed E-state index contributed by atoms with van der Waals surface area (Å²) in [6.07, 6.45) is 0. The monoisotopic (exact) mass is 401 g/mol. The van der Waals surface area contributed by atoms with Crippen LogP contribution < -0.4 is 10.6 Å². The fraction of sp³-hybridized carbons (Fsp3) is 0.167. The Kier molecular flexibility index (Phi) is 4.59. The van der Waals surface area contributed by atoms with E-state index >= 15 is 0 Å². The normalized spacial score (nSPS) is 13.2. The number of nitrogens with one attached hydrogen (secondary N) is 2. The van der Waals surface area contributed by atoms with Crippen molar-refractivity contribution in [1.29, 1.82) is 0 Å². The van der Waals surface area contributed by atoms with Gasteiger partial charge < -0.3 is 10.6 Å². The molecule has 2 N–H and O–H groups in total. The highest BCUT2D eigenvalue weighted by atomic mass is 79.9. The van der Waals surface area contributed by atoms with Crippen molar-refractivity contribution in [2.75, 3.05) is 10.6 Å². The Labute approximate surface area is 153 Å². The highest BCUT2D eigenvalue weighted by molar-refractivity contribution is 9.10. The zero-order valence-electron chi connectivity index (χ0n) is 13.7. The van der Waals surface area contributed by atoms with Gasteiger partial charge in [-0.3, -0.25) is 14.5 Å². The third-order valence-electron chi connectivity index (χ3n) is 3.81. The second-order valence-corrected chi connectivity index (χ2v) is 6.75. The summed E-state index contributed by atoms with van der Waals surface area (Å²) in [6, 6.07) is 11.3. The number of rotatable bonds is 3. The van der Waals surface area contributed by atoms with E-state index in [9.17, 15) is 14.4 Å². The first-order chi connectivity index (χ1) is 11.9. The second-order valence-electron chi connectivity index (χ2n) is 5.89. The summed E-state index contributed by atoms with van der Waals surface area (Å²) in [6.45, 7) is 3.57. The van der Waals surface area contributed by atoms with E-state index in [1.54, 1.807) is 38.1 Å². The molecule has 0 saturated carbocycles. The van der Waals surface area contributed by atoms with Crippen molar-refractivity contribution in [2.45, 2.75) is 19.9 Å². The van der Waals surface area contributed by atoms with Crippen LogP contribution in [-0.2, 0) is 0 Å². The summed E-state index contributed by atoms with van der Waals surface area (Å²) >= 11 is 3.36. The predicted molar refractivity (Wildman–Crippen MR) is 98.9 cm³/mol. The molecule has 0 spiro atoms. The standard InChI is InChI=1S/C18H16BrN3O3/c1-10(2)22-16(23)12-8-7-11(9-13(12)17(22)24)20-18(25)21-15-6-4-3-5-14(15)19/h3-10H,1-2H3,(H2,20,21,25). The van der Waals surface area contributed by atoms with Crippen LogP contribution in [0.3, 0.4) is 0 Å². The molecule has 0 bridgehead atoms. The first-order valence-corrected chi connectivity index (χ1v) is 8.52. The minimum absolute atomic E-state index is 0.220. The summed E-state index contributed by atoms with van der Waals surface area (Å²) in [7, 11) is 0. The molecule has 6 nitrogen and oxygen atoms in total. The fourth-order valence-corrected chi connectivity index (χ4v) is 3.04. The number of anilines is 2. The molecule has 4 amide bonds. The van der Waals surface area contributed by atoms with Crippen molar-refractivity contribution in [1.82, 2.24) is 4.90 Å². The van der Waals surface area contributed by atoms with Crippen LogP contribution in [0.5, 0.6) is 0 Å². The molecule has 0 unspecified atom stereocenters. The van der Waals surface area contributed by atoms with Gasteiger partial charge in [-0.05, 0) is 60.1 Å². The number of carbonyl (C=O) groups is 3. The Morgan fingerprint density at radius 2 is 1.68 bits per heavy atom. The van der Waals surface area contributed by atoms with E-state index in [4.69, 9.17) is 0 Å². The third-order valence-corrected chi connectivity index (χ3v) is 4.51. The molecule has 0 atom stereocenters. The van der Waals surface area contributed by atoms with Gasteiger partial charge in [0.1, 0.15) is 0 Å². The summed E-state index contributed by atoms with van der Waals surface area (Å²) in [4.78, 5) is 38.0. The number of imide groups is 1. The molecule has 2 aromatic rings. The molecule has 0 aromatic heterocycles. The highest BCUT2D eigenvalue weighted by Gasteiger charge is 2.37. The molecule has 3 rings (SSSR count). The van der Waals surface area contributed by atoms with Crippen LogP contribution in [0, 0.1) is 0 Å². The van der Waals surface area contributed by atoms with Crippen LogP contribution in [0.1, 0.15) is 34.6 Å². The first-order valence-electron chi connectivity index (χ1n) is 7.73. The average Bonchev–Trinajstić information content (AvgIpc) is 2.80. The number of carbonyl (C=O) groups excluding carboxylic acids is 3. The van der Waals surface area contributed by atoms with Crippen molar-refractivity contribution in [3.8, 4) is 0 Å². The van der Waals surface area contributed by atoms with Gasteiger partial charge in [0.2, 0.25) is 0 Å². The Morgan fingerprint density at radius 3 is 2.36 bits per heavy atom. The van der Waals surface area contributed by atoms with Gasteiger partial charge >= 0.3 is 6.03 Å². The maximum absolute atomic E-state index is 12.4. The molecule has 2 aromatic carbocycles. The largest absolute Gasteiger partial charge is 0.323 e. The number of para-hydroxylation sites is 1. The molecule has 1 heterocycles. The fourth-order valence-electron chi connectivity index (χ4n) is 2.65. The summed E-state index contributed by atoms with van der Waals surface area (Å²) in [5.74, 6) is -0.649. The highest BCUT2D eigenvalue weighted by Crippen LogP contribution is 2.27. The van der Waals surface area contributed by atoms with Gasteiger partial charge in [0, 0.05) is 16.2 Å². The topological polar surface area (TPSA) is 78.5 Å². The third kappa shape index (κ3) is 3.28. The maximum atomic E-state index is 12.4. The van der Waals surface area contributed by atoms with Crippen LogP contribution >= 0.6 is 15.9 Å². The van der Waals surface area contributed by atoms with Crippen LogP contribution in [0.15, 0.2) is 46.9 Å². The quantitative estimate of drug-likeness (QED) is 0.759. The van der Waals surface area contributed by atoms with Crippen LogP contribution in [0.2, 0.25) is 0 Å². The van der Waals surface area contributed by atoms with E-state index in [2.05, 4.69) is 26.6 Å². The molecule has 25 heavy (non-hydrogen) atoms. The number of benzene rings is 2. The number of urea groups is 1. The molecule has 0 radical (unpaired) electrons. The van der Waals surface area contributed by atoms with Crippen LogP contribution in [0.4, 0.5) is 16.2 Å². The maximum Gasteiger partial charge on any atom is 0.323 e. The molecule has 7 heteroatoms. The number of hydrogen-bond acceptors (Lipinski definition) is 3. The van der Waals surface area contributed by atoms with Gasteiger partial charge in [0.25, 0.3) is 11.8 Å². The number of halogens is 1. The lowest BCUT2D eigenvalue weighted by Crippen LogP contribution is -2.35. The first kappa shape index (κ1) is 17.2. The molecular weight excluding hydrogens is 386 g/mol.